The fourth-order valence-corrected chi connectivity index (χ4v) is 2.95. The Balaban J connectivity index is 1.93. The van der Waals surface area contributed by atoms with E-state index in [4.69, 9.17) is 0 Å². The average Bonchev–Trinajstić information content (AvgIpc) is 3.01. The van der Waals surface area contributed by atoms with Gasteiger partial charge in [-0.1, -0.05) is 13.0 Å². The number of aliphatic hydroxyl groups excluding tert-OH is 1. The van der Waals surface area contributed by atoms with Crippen LogP contribution in [-0.2, 0) is 19.9 Å². The molecule has 2 heterocycles. The lowest BCUT2D eigenvalue weighted by atomic mass is 9.96. The van der Waals surface area contributed by atoms with Gasteiger partial charge in [0.05, 0.1) is 11.4 Å². The van der Waals surface area contributed by atoms with Crippen LogP contribution in [-0.4, -0.2) is 19.9 Å². The lowest BCUT2D eigenvalue weighted by Gasteiger charge is -2.18. The van der Waals surface area contributed by atoms with E-state index in [2.05, 4.69) is 23.1 Å². The average molecular weight is 257 g/mol. The normalized spacial score (nSPS) is 19.4. The first-order valence-corrected chi connectivity index (χ1v) is 6.85. The van der Waals surface area contributed by atoms with E-state index in [0.29, 0.717) is 0 Å². The van der Waals surface area contributed by atoms with Crippen LogP contribution < -0.4 is 0 Å². The van der Waals surface area contributed by atoms with Gasteiger partial charge in [0.25, 0.3) is 0 Å². The van der Waals surface area contributed by atoms with Crippen LogP contribution >= 0.6 is 0 Å². The topological polar surface area (TPSA) is 50.9 Å². The minimum absolute atomic E-state index is 0.0938. The number of aryl methyl sites for hydroxylation is 3. The zero-order valence-electron chi connectivity index (χ0n) is 11.4. The summed E-state index contributed by atoms with van der Waals surface area (Å²) in [6.07, 6.45) is 4.14. The van der Waals surface area contributed by atoms with Gasteiger partial charge in [0.15, 0.2) is 0 Å². The van der Waals surface area contributed by atoms with Gasteiger partial charge in [0.1, 0.15) is 6.10 Å². The summed E-state index contributed by atoms with van der Waals surface area (Å²) in [5.74, 6) is 0.0938. The van der Waals surface area contributed by atoms with Gasteiger partial charge in [-0.3, -0.25) is 9.67 Å². The van der Waals surface area contributed by atoms with Crippen molar-refractivity contribution in [3.8, 4) is 0 Å². The van der Waals surface area contributed by atoms with Crippen LogP contribution in [0, 0.1) is 0 Å². The molecule has 0 saturated carbocycles. The Hall–Kier alpha value is -1.68. The molecule has 0 amide bonds. The third kappa shape index (κ3) is 2.06. The van der Waals surface area contributed by atoms with Crippen LogP contribution in [0.1, 0.15) is 48.0 Å². The second kappa shape index (κ2) is 4.78. The zero-order valence-corrected chi connectivity index (χ0v) is 11.4. The van der Waals surface area contributed by atoms with Crippen molar-refractivity contribution in [1.29, 1.82) is 0 Å². The number of fused-ring (bicyclic) bond motifs is 1. The number of aromatic nitrogens is 3. The molecule has 19 heavy (non-hydrogen) atoms. The lowest BCUT2D eigenvalue weighted by Crippen LogP contribution is -2.13. The minimum atomic E-state index is -0.519. The van der Waals surface area contributed by atoms with Crippen LogP contribution in [0.2, 0.25) is 0 Å². The summed E-state index contributed by atoms with van der Waals surface area (Å²) in [6, 6.07) is 6.08. The molecule has 100 valence electrons. The van der Waals surface area contributed by atoms with Crippen molar-refractivity contribution in [1.82, 2.24) is 14.8 Å². The number of pyridine rings is 1. The molecule has 4 heteroatoms. The Morgan fingerprint density at radius 1 is 1.53 bits per heavy atom. The van der Waals surface area contributed by atoms with Crippen LogP contribution in [0.5, 0.6) is 0 Å². The maximum atomic E-state index is 10.7. The Labute approximate surface area is 113 Å². The van der Waals surface area contributed by atoms with Crippen LogP contribution in [0.25, 0.3) is 0 Å². The summed E-state index contributed by atoms with van der Waals surface area (Å²) in [7, 11) is 1.89. The lowest BCUT2D eigenvalue weighted by molar-refractivity contribution is 0.134. The molecular formula is C15H19N3O. The first kappa shape index (κ1) is 12.4. The third-order valence-corrected chi connectivity index (χ3v) is 4.02. The van der Waals surface area contributed by atoms with E-state index in [-0.39, 0.29) is 5.92 Å². The van der Waals surface area contributed by atoms with Gasteiger partial charge in [-0.2, -0.15) is 5.10 Å². The number of rotatable bonds is 3. The molecule has 1 N–H and O–H groups in total. The standard InChI is InChI=1S/C15H19N3O/c1-3-11-9-13(18(2)17-11)15(19)12-7-6-10-5-4-8-16-14(10)12/h4-5,8-9,12,15,19H,3,6-7H2,1-2H3. The zero-order chi connectivity index (χ0) is 13.4. The first-order valence-electron chi connectivity index (χ1n) is 6.85. The fraction of sp³-hybridized carbons (Fsp3) is 0.467. The molecule has 1 aliphatic carbocycles. The highest BCUT2D eigenvalue weighted by molar-refractivity contribution is 5.31. The molecule has 0 saturated heterocycles. The molecule has 2 unspecified atom stereocenters. The SMILES string of the molecule is CCc1cc(C(O)C2CCc3cccnc32)n(C)n1. The van der Waals surface area contributed by atoms with Gasteiger partial charge in [-0.15, -0.1) is 0 Å². The molecule has 4 nitrogen and oxygen atoms in total. The monoisotopic (exact) mass is 257 g/mol. The van der Waals surface area contributed by atoms with Gasteiger partial charge in [-0.05, 0) is 37.0 Å². The highest BCUT2D eigenvalue weighted by Crippen LogP contribution is 2.40. The predicted octanol–water partition coefficient (Wildman–Crippen LogP) is 2.14. The molecule has 0 fully saturated rings. The van der Waals surface area contributed by atoms with E-state index >= 15 is 0 Å². The minimum Gasteiger partial charge on any atom is -0.386 e. The van der Waals surface area contributed by atoms with Crippen molar-refractivity contribution in [3.05, 3.63) is 47.0 Å². The van der Waals surface area contributed by atoms with Crippen molar-refractivity contribution < 1.29 is 5.11 Å². The third-order valence-electron chi connectivity index (χ3n) is 4.02. The van der Waals surface area contributed by atoms with Gasteiger partial charge in [-0.25, -0.2) is 0 Å². The molecule has 3 rings (SSSR count). The highest BCUT2D eigenvalue weighted by Gasteiger charge is 2.32. The van der Waals surface area contributed by atoms with Crippen molar-refractivity contribution in [2.75, 3.05) is 0 Å². The summed E-state index contributed by atoms with van der Waals surface area (Å²) >= 11 is 0. The molecule has 2 aromatic rings. The second-order valence-corrected chi connectivity index (χ2v) is 5.18. The number of hydrogen-bond donors (Lipinski definition) is 1. The summed E-state index contributed by atoms with van der Waals surface area (Å²) in [6.45, 7) is 2.07. The molecule has 2 aromatic heterocycles. The Morgan fingerprint density at radius 2 is 2.37 bits per heavy atom. The van der Waals surface area contributed by atoms with Crippen molar-refractivity contribution in [3.63, 3.8) is 0 Å². The van der Waals surface area contributed by atoms with Crippen molar-refractivity contribution >= 4 is 0 Å². The largest absolute Gasteiger partial charge is 0.386 e. The Kier molecular flexibility index (Phi) is 3.11. The number of hydrogen-bond acceptors (Lipinski definition) is 3. The number of aliphatic hydroxyl groups is 1. The van der Waals surface area contributed by atoms with Crippen molar-refractivity contribution in [2.24, 2.45) is 7.05 Å². The molecule has 0 radical (unpaired) electrons. The van der Waals surface area contributed by atoms with Crippen LogP contribution in [0.3, 0.4) is 0 Å². The summed E-state index contributed by atoms with van der Waals surface area (Å²) < 4.78 is 1.80. The van der Waals surface area contributed by atoms with Gasteiger partial charge in [0.2, 0.25) is 0 Å². The molecule has 0 aromatic carbocycles. The maximum Gasteiger partial charge on any atom is 0.104 e. The van der Waals surface area contributed by atoms with Crippen LogP contribution in [0.15, 0.2) is 24.4 Å². The van der Waals surface area contributed by atoms with E-state index < -0.39 is 6.10 Å². The smallest absolute Gasteiger partial charge is 0.104 e. The Bertz CT molecular complexity index is 591. The Morgan fingerprint density at radius 3 is 3.11 bits per heavy atom. The summed E-state index contributed by atoms with van der Waals surface area (Å²) in [4.78, 5) is 4.45. The van der Waals surface area contributed by atoms with E-state index in [1.54, 1.807) is 4.68 Å². The highest BCUT2D eigenvalue weighted by atomic mass is 16.3. The molecule has 0 spiro atoms. The van der Waals surface area contributed by atoms with E-state index in [9.17, 15) is 5.11 Å². The first-order chi connectivity index (χ1) is 9.20. The summed E-state index contributed by atoms with van der Waals surface area (Å²) in [5, 5.41) is 15.1. The van der Waals surface area contributed by atoms with Crippen molar-refractivity contribution in [2.45, 2.75) is 38.2 Å². The fourth-order valence-electron chi connectivity index (χ4n) is 2.95. The van der Waals surface area contributed by atoms with Gasteiger partial charge in [0, 0.05) is 24.9 Å². The van der Waals surface area contributed by atoms with Gasteiger partial charge >= 0.3 is 0 Å². The van der Waals surface area contributed by atoms with E-state index in [0.717, 1.165) is 36.3 Å². The van der Waals surface area contributed by atoms with E-state index in [1.807, 2.05) is 25.4 Å². The van der Waals surface area contributed by atoms with Gasteiger partial charge < -0.3 is 5.11 Å². The second-order valence-electron chi connectivity index (χ2n) is 5.18. The molecular weight excluding hydrogens is 238 g/mol. The number of nitrogens with zero attached hydrogens (tertiary/aromatic N) is 3. The quantitative estimate of drug-likeness (QED) is 0.916. The predicted molar refractivity (Wildman–Crippen MR) is 72.8 cm³/mol. The molecule has 2 atom stereocenters. The van der Waals surface area contributed by atoms with E-state index in [1.165, 1.54) is 5.56 Å². The summed E-state index contributed by atoms with van der Waals surface area (Å²) in [5.41, 5.74) is 4.23. The molecule has 0 aliphatic heterocycles. The maximum absolute atomic E-state index is 10.7. The molecule has 1 aliphatic rings. The molecule has 0 bridgehead atoms. The van der Waals surface area contributed by atoms with Crippen LogP contribution in [0.4, 0.5) is 0 Å².